The molecule has 0 saturated heterocycles. The summed E-state index contributed by atoms with van der Waals surface area (Å²) in [5.74, 6) is 1.47. The van der Waals surface area contributed by atoms with E-state index in [1.54, 1.807) is 26.4 Å². The summed E-state index contributed by atoms with van der Waals surface area (Å²) in [4.78, 5) is 8.62. The smallest absolute Gasteiger partial charge is 0.162 e. The second-order valence-electron chi connectivity index (χ2n) is 4.49. The van der Waals surface area contributed by atoms with Crippen LogP contribution in [-0.4, -0.2) is 29.3 Å². The third-order valence-electron chi connectivity index (χ3n) is 3.28. The van der Waals surface area contributed by atoms with Crippen molar-refractivity contribution in [2.75, 3.05) is 14.2 Å². The van der Waals surface area contributed by atoms with Gasteiger partial charge in [0.05, 0.1) is 25.4 Å². The van der Waals surface area contributed by atoms with Gasteiger partial charge in [0, 0.05) is 17.0 Å². The van der Waals surface area contributed by atoms with Gasteiger partial charge >= 0.3 is 0 Å². The summed E-state index contributed by atoms with van der Waals surface area (Å²) < 4.78 is 10.6. The van der Waals surface area contributed by atoms with E-state index in [2.05, 4.69) is 9.97 Å². The van der Waals surface area contributed by atoms with Crippen LogP contribution < -0.4 is 9.47 Å². The summed E-state index contributed by atoms with van der Waals surface area (Å²) in [6.07, 6.45) is 1.51. The van der Waals surface area contributed by atoms with E-state index >= 15 is 0 Å². The van der Waals surface area contributed by atoms with Gasteiger partial charge in [-0.2, -0.15) is 0 Å². The highest BCUT2D eigenvalue weighted by Crippen LogP contribution is 2.35. The van der Waals surface area contributed by atoms with Gasteiger partial charge in [-0.1, -0.05) is 0 Å². The molecule has 0 unspecified atom stereocenters. The number of aromatic nitrogens is 2. The van der Waals surface area contributed by atoms with E-state index in [4.69, 9.17) is 9.47 Å². The molecule has 3 rings (SSSR count). The van der Waals surface area contributed by atoms with Gasteiger partial charge in [-0.3, -0.25) is 0 Å². The zero-order valence-electron chi connectivity index (χ0n) is 11.7. The number of fused-ring (bicyclic) bond motifs is 1. The molecule has 0 radical (unpaired) electrons. The van der Waals surface area contributed by atoms with Crippen LogP contribution in [0, 0.1) is 0 Å². The average Bonchev–Trinajstić information content (AvgIpc) is 2.53. The lowest BCUT2D eigenvalue weighted by molar-refractivity contribution is 0.356. The Morgan fingerprint density at radius 3 is 2.24 bits per heavy atom. The van der Waals surface area contributed by atoms with Crippen molar-refractivity contribution in [1.82, 2.24) is 9.97 Å². The fourth-order valence-electron chi connectivity index (χ4n) is 2.23. The minimum Gasteiger partial charge on any atom is -0.508 e. The van der Waals surface area contributed by atoms with Gasteiger partial charge in [0.15, 0.2) is 11.5 Å². The first-order valence-corrected chi connectivity index (χ1v) is 6.39. The molecule has 3 aromatic rings. The van der Waals surface area contributed by atoms with Crippen molar-refractivity contribution in [2.45, 2.75) is 0 Å². The molecular formula is C16H14N2O3. The van der Waals surface area contributed by atoms with Crippen molar-refractivity contribution in [3.05, 3.63) is 42.7 Å². The molecule has 2 aromatic carbocycles. The Kier molecular flexibility index (Phi) is 3.31. The van der Waals surface area contributed by atoms with Crippen LogP contribution >= 0.6 is 0 Å². The van der Waals surface area contributed by atoms with Crippen LogP contribution in [0.1, 0.15) is 0 Å². The summed E-state index contributed by atoms with van der Waals surface area (Å²) in [7, 11) is 3.18. The number of phenols is 1. The van der Waals surface area contributed by atoms with Crippen LogP contribution in [0.25, 0.3) is 22.2 Å². The second-order valence-corrected chi connectivity index (χ2v) is 4.49. The molecule has 5 heteroatoms. The van der Waals surface area contributed by atoms with Crippen molar-refractivity contribution in [2.24, 2.45) is 0 Å². The van der Waals surface area contributed by atoms with Crippen LogP contribution in [0.5, 0.6) is 17.2 Å². The monoisotopic (exact) mass is 282 g/mol. The number of nitrogens with zero attached hydrogens (tertiary/aromatic N) is 2. The quantitative estimate of drug-likeness (QED) is 0.800. The number of ether oxygens (including phenoxy) is 2. The molecule has 0 aliphatic heterocycles. The van der Waals surface area contributed by atoms with Crippen LogP contribution in [0.15, 0.2) is 42.7 Å². The molecule has 1 N–H and O–H groups in total. The molecule has 0 aliphatic carbocycles. The lowest BCUT2D eigenvalue weighted by Crippen LogP contribution is -1.94. The maximum Gasteiger partial charge on any atom is 0.162 e. The number of phenolic OH excluding ortho intramolecular Hbond substituents is 1. The molecule has 0 saturated carbocycles. The van der Waals surface area contributed by atoms with E-state index in [0.29, 0.717) is 11.5 Å². The van der Waals surface area contributed by atoms with E-state index in [1.807, 2.05) is 24.3 Å². The van der Waals surface area contributed by atoms with Crippen molar-refractivity contribution < 1.29 is 14.6 Å². The first kappa shape index (κ1) is 13.2. The fraction of sp³-hybridized carbons (Fsp3) is 0.125. The number of hydrogen-bond donors (Lipinski definition) is 1. The highest BCUT2D eigenvalue weighted by molar-refractivity contribution is 5.94. The SMILES string of the molecule is COc1cc2ncnc(-c3ccc(O)cc3)c2cc1OC. The Hall–Kier alpha value is -2.82. The maximum atomic E-state index is 9.40. The largest absolute Gasteiger partial charge is 0.508 e. The van der Waals surface area contributed by atoms with Gasteiger partial charge in [-0.25, -0.2) is 9.97 Å². The molecule has 0 spiro atoms. The Morgan fingerprint density at radius 1 is 0.905 bits per heavy atom. The first-order valence-electron chi connectivity index (χ1n) is 6.39. The summed E-state index contributed by atoms with van der Waals surface area (Å²) in [5, 5.41) is 10.3. The summed E-state index contributed by atoms with van der Waals surface area (Å²) in [6, 6.07) is 10.6. The molecule has 0 amide bonds. The molecule has 0 aliphatic rings. The Morgan fingerprint density at radius 2 is 1.57 bits per heavy atom. The van der Waals surface area contributed by atoms with Gasteiger partial charge in [0.1, 0.15) is 12.1 Å². The normalized spacial score (nSPS) is 10.6. The predicted molar refractivity (Wildman–Crippen MR) is 79.7 cm³/mol. The van der Waals surface area contributed by atoms with E-state index in [0.717, 1.165) is 22.2 Å². The van der Waals surface area contributed by atoms with E-state index < -0.39 is 0 Å². The van der Waals surface area contributed by atoms with E-state index in [9.17, 15) is 5.11 Å². The highest BCUT2D eigenvalue weighted by Gasteiger charge is 2.12. The van der Waals surface area contributed by atoms with Gasteiger partial charge < -0.3 is 14.6 Å². The molecule has 0 atom stereocenters. The summed E-state index contributed by atoms with van der Waals surface area (Å²) in [5.41, 5.74) is 2.44. The van der Waals surface area contributed by atoms with Gasteiger partial charge in [0.2, 0.25) is 0 Å². The van der Waals surface area contributed by atoms with Crippen LogP contribution in [0.2, 0.25) is 0 Å². The second kappa shape index (κ2) is 5.28. The summed E-state index contributed by atoms with van der Waals surface area (Å²) >= 11 is 0. The molecule has 1 heterocycles. The molecule has 0 bridgehead atoms. The van der Waals surface area contributed by atoms with Crippen molar-refractivity contribution >= 4 is 10.9 Å². The number of hydrogen-bond acceptors (Lipinski definition) is 5. The lowest BCUT2D eigenvalue weighted by Gasteiger charge is -2.11. The van der Waals surface area contributed by atoms with Gasteiger partial charge in [0.25, 0.3) is 0 Å². The first-order chi connectivity index (χ1) is 10.2. The molecule has 5 nitrogen and oxygen atoms in total. The standard InChI is InChI=1S/C16H14N2O3/c1-20-14-7-12-13(8-15(14)21-2)17-9-18-16(12)10-3-5-11(19)6-4-10/h3-9,19H,1-2H3. The van der Waals surface area contributed by atoms with Crippen molar-refractivity contribution in [1.29, 1.82) is 0 Å². The lowest BCUT2D eigenvalue weighted by atomic mass is 10.1. The van der Waals surface area contributed by atoms with E-state index in [-0.39, 0.29) is 5.75 Å². The summed E-state index contributed by atoms with van der Waals surface area (Å²) in [6.45, 7) is 0. The third-order valence-corrected chi connectivity index (χ3v) is 3.28. The molecule has 1 aromatic heterocycles. The number of benzene rings is 2. The Bertz CT molecular complexity index is 785. The minimum absolute atomic E-state index is 0.219. The Balaban J connectivity index is 2.26. The van der Waals surface area contributed by atoms with Crippen LogP contribution in [0.4, 0.5) is 0 Å². The number of aromatic hydroxyl groups is 1. The topological polar surface area (TPSA) is 64.5 Å². The molecule has 0 fully saturated rings. The van der Waals surface area contributed by atoms with Crippen LogP contribution in [-0.2, 0) is 0 Å². The number of rotatable bonds is 3. The highest BCUT2D eigenvalue weighted by atomic mass is 16.5. The fourth-order valence-corrected chi connectivity index (χ4v) is 2.23. The Labute approximate surface area is 121 Å². The maximum absolute atomic E-state index is 9.40. The third kappa shape index (κ3) is 2.33. The minimum atomic E-state index is 0.219. The van der Waals surface area contributed by atoms with Crippen molar-refractivity contribution in [3.63, 3.8) is 0 Å². The van der Waals surface area contributed by atoms with Gasteiger partial charge in [-0.05, 0) is 30.3 Å². The zero-order valence-corrected chi connectivity index (χ0v) is 11.7. The van der Waals surface area contributed by atoms with Crippen molar-refractivity contribution in [3.8, 4) is 28.5 Å². The number of methoxy groups -OCH3 is 2. The zero-order chi connectivity index (χ0) is 14.8. The average molecular weight is 282 g/mol. The molecule has 21 heavy (non-hydrogen) atoms. The van der Waals surface area contributed by atoms with Gasteiger partial charge in [-0.15, -0.1) is 0 Å². The predicted octanol–water partition coefficient (Wildman–Crippen LogP) is 3.02. The molecular weight excluding hydrogens is 268 g/mol. The molecule has 106 valence electrons. The van der Waals surface area contributed by atoms with Crippen LogP contribution in [0.3, 0.4) is 0 Å². The van der Waals surface area contributed by atoms with E-state index in [1.165, 1.54) is 6.33 Å².